The van der Waals surface area contributed by atoms with Gasteiger partial charge in [0.2, 0.25) is 0 Å². The maximum Gasteiger partial charge on any atom is 0.0744 e. The molecular weight excluding hydrogens is 128 g/mol. The van der Waals surface area contributed by atoms with Gasteiger partial charge in [-0.3, -0.25) is 0 Å². The van der Waals surface area contributed by atoms with E-state index in [2.05, 4.69) is 6.58 Å². The van der Waals surface area contributed by atoms with Gasteiger partial charge >= 0.3 is 0 Å². The molecule has 0 heterocycles. The van der Waals surface area contributed by atoms with Crippen LogP contribution in [0.5, 0.6) is 0 Å². The van der Waals surface area contributed by atoms with Crippen LogP contribution in [0.1, 0.15) is 13.3 Å². The topological polar surface area (TPSA) is 29.5 Å². The normalized spacial score (nSPS) is 16.3. The molecule has 0 bridgehead atoms. The van der Waals surface area contributed by atoms with Crippen LogP contribution < -0.4 is 0 Å². The first-order valence-corrected chi connectivity index (χ1v) is 3.52. The fourth-order valence-corrected chi connectivity index (χ4v) is 0.707. The third kappa shape index (κ3) is 3.64. The minimum atomic E-state index is -0.393. The molecule has 0 aliphatic heterocycles. The smallest absolute Gasteiger partial charge is 0.0744 e. The largest absolute Gasteiger partial charge is 0.389 e. The Bertz CT molecular complexity index is 91.3. The number of aliphatic hydroxyl groups is 1. The van der Waals surface area contributed by atoms with Gasteiger partial charge in [-0.1, -0.05) is 13.0 Å². The van der Waals surface area contributed by atoms with Crippen LogP contribution in [-0.2, 0) is 4.74 Å². The maximum absolute atomic E-state index is 9.18. The van der Waals surface area contributed by atoms with Gasteiger partial charge < -0.3 is 9.84 Å². The second kappa shape index (κ2) is 5.45. The Kier molecular flexibility index (Phi) is 5.26. The molecule has 10 heavy (non-hydrogen) atoms. The summed E-state index contributed by atoms with van der Waals surface area (Å²) in [4.78, 5) is 0. The SMILES string of the molecule is C=CC(O)C(C)CCOC. The molecule has 0 fully saturated rings. The molecule has 60 valence electrons. The first-order chi connectivity index (χ1) is 4.72. The molecule has 0 radical (unpaired) electrons. The highest BCUT2D eigenvalue weighted by Crippen LogP contribution is 2.08. The lowest BCUT2D eigenvalue weighted by molar-refractivity contribution is 0.120. The Balaban J connectivity index is 3.40. The van der Waals surface area contributed by atoms with Crippen molar-refractivity contribution in [3.05, 3.63) is 12.7 Å². The number of hydrogen-bond acceptors (Lipinski definition) is 2. The zero-order chi connectivity index (χ0) is 7.98. The quantitative estimate of drug-likeness (QED) is 0.588. The molecule has 0 aliphatic carbocycles. The van der Waals surface area contributed by atoms with Crippen molar-refractivity contribution in [3.63, 3.8) is 0 Å². The lowest BCUT2D eigenvalue weighted by Gasteiger charge is -2.13. The second-order valence-electron chi connectivity index (χ2n) is 2.49. The number of methoxy groups -OCH3 is 1. The fraction of sp³-hybridized carbons (Fsp3) is 0.750. The first kappa shape index (κ1) is 9.66. The third-order valence-corrected chi connectivity index (χ3v) is 1.60. The Morgan fingerprint density at radius 3 is 2.70 bits per heavy atom. The zero-order valence-electron chi connectivity index (χ0n) is 6.71. The molecule has 2 unspecified atom stereocenters. The molecular formula is C8H16O2. The van der Waals surface area contributed by atoms with E-state index in [1.54, 1.807) is 13.2 Å². The van der Waals surface area contributed by atoms with Crippen LogP contribution in [0.4, 0.5) is 0 Å². The number of aliphatic hydroxyl groups excluding tert-OH is 1. The molecule has 0 saturated carbocycles. The van der Waals surface area contributed by atoms with E-state index >= 15 is 0 Å². The van der Waals surface area contributed by atoms with Crippen molar-refractivity contribution >= 4 is 0 Å². The van der Waals surface area contributed by atoms with Gasteiger partial charge in [-0.2, -0.15) is 0 Å². The van der Waals surface area contributed by atoms with Crippen molar-refractivity contribution < 1.29 is 9.84 Å². The van der Waals surface area contributed by atoms with E-state index in [1.165, 1.54) is 0 Å². The summed E-state index contributed by atoms with van der Waals surface area (Å²) in [5.41, 5.74) is 0. The van der Waals surface area contributed by atoms with Crippen LogP contribution in [-0.4, -0.2) is 24.9 Å². The van der Waals surface area contributed by atoms with Crippen LogP contribution >= 0.6 is 0 Å². The van der Waals surface area contributed by atoms with Crippen LogP contribution in [0, 0.1) is 5.92 Å². The summed E-state index contributed by atoms with van der Waals surface area (Å²) in [6.45, 7) is 6.18. The maximum atomic E-state index is 9.18. The summed E-state index contributed by atoms with van der Waals surface area (Å²) < 4.78 is 4.86. The second-order valence-corrected chi connectivity index (χ2v) is 2.49. The molecule has 1 N–H and O–H groups in total. The summed E-state index contributed by atoms with van der Waals surface area (Å²) in [5, 5.41) is 9.18. The van der Waals surface area contributed by atoms with E-state index in [9.17, 15) is 5.11 Å². The molecule has 0 saturated heterocycles. The van der Waals surface area contributed by atoms with E-state index < -0.39 is 6.10 Å². The number of rotatable bonds is 5. The average Bonchev–Trinajstić information content (AvgIpc) is 1.98. The molecule has 0 amide bonds. The standard InChI is InChI=1S/C8H16O2/c1-4-8(9)7(2)5-6-10-3/h4,7-9H,1,5-6H2,2-3H3. The van der Waals surface area contributed by atoms with Gasteiger partial charge in [0, 0.05) is 13.7 Å². The lowest BCUT2D eigenvalue weighted by Crippen LogP contribution is -2.15. The van der Waals surface area contributed by atoms with E-state index in [-0.39, 0.29) is 5.92 Å². The minimum absolute atomic E-state index is 0.248. The Morgan fingerprint density at radius 1 is 1.70 bits per heavy atom. The van der Waals surface area contributed by atoms with Crippen molar-refractivity contribution in [3.8, 4) is 0 Å². The fourth-order valence-electron chi connectivity index (χ4n) is 0.707. The monoisotopic (exact) mass is 144 g/mol. The van der Waals surface area contributed by atoms with Gasteiger partial charge in [0.15, 0.2) is 0 Å². The molecule has 0 aliphatic rings. The highest BCUT2D eigenvalue weighted by molar-refractivity contribution is 4.81. The summed E-state index contributed by atoms with van der Waals surface area (Å²) in [5.74, 6) is 0.248. The highest BCUT2D eigenvalue weighted by atomic mass is 16.5. The van der Waals surface area contributed by atoms with Crippen molar-refractivity contribution in [1.29, 1.82) is 0 Å². The molecule has 0 rings (SSSR count). The predicted molar refractivity (Wildman–Crippen MR) is 41.9 cm³/mol. The van der Waals surface area contributed by atoms with Crippen molar-refractivity contribution in [2.45, 2.75) is 19.4 Å². The van der Waals surface area contributed by atoms with Crippen molar-refractivity contribution in [2.24, 2.45) is 5.92 Å². The van der Waals surface area contributed by atoms with Gasteiger partial charge in [-0.05, 0) is 12.3 Å². The van der Waals surface area contributed by atoms with Gasteiger partial charge in [0.05, 0.1) is 6.10 Å². The van der Waals surface area contributed by atoms with E-state index in [1.807, 2.05) is 6.92 Å². The molecule has 2 heteroatoms. The van der Waals surface area contributed by atoms with Crippen LogP contribution in [0.3, 0.4) is 0 Å². The van der Waals surface area contributed by atoms with Crippen LogP contribution in [0.25, 0.3) is 0 Å². The predicted octanol–water partition coefficient (Wildman–Crippen LogP) is 1.21. The molecule has 2 nitrogen and oxygen atoms in total. The summed E-state index contributed by atoms with van der Waals surface area (Å²) in [6.07, 6.45) is 2.04. The van der Waals surface area contributed by atoms with Crippen molar-refractivity contribution in [2.75, 3.05) is 13.7 Å². The highest BCUT2D eigenvalue weighted by Gasteiger charge is 2.08. The Morgan fingerprint density at radius 2 is 2.30 bits per heavy atom. The van der Waals surface area contributed by atoms with Gasteiger partial charge in [-0.15, -0.1) is 6.58 Å². The van der Waals surface area contributed by atoms with Gasteiger partial charge in [0.1, 0.15) is 0 Å². The van der Waals surface area contributed by atoms with E-state index in [0.29, 0.717) is 6.61 Å². The minimum Gasteiger partial charge on any atom is -0.389 e. The Labute approximate surface area is 62.5 Å². The van der Waals surface area contributed by atoms with Gasteiger partial charge in [0.25, 0.3) is 0 Å². The molecule has 0 spiro atoms. The zero-order valence-corrected chi connectivity index (χ0v) is 6.71. The Hall–Kier alpha value is -0.340. The molecule has 0 aromatic heterocycles. The first-order valence-electron chi connectivity index (χ1n) is 3.52. The summed E-state index contributed by atoms with van der Waals surface area (Å²) >= 11 is 0. The average molecular weight is 144 g/mol. The van der Waals surface area contributed by atoms with Gasteiger partial charge in [-0.25, -0.2) is 0 Å². The van der Waals surface area contributed by atoms with Crippen molar-refractivity contribution in [1.82, 2.24) is 0 Å². The summed E-state index contributed by atoms with van der Waals surface area (Å²) in [6, 6.07) is 0. The number of ether oxygens (including phenoxy) is 1. The van der Waals surface area contributed by atoms with Crippen LogP contribution in [0.15, 0.2) is 12.7 Å². The third-order valence-electron chi connectivity index (χ3n) is 1.60. The molecule has 2 atom stereocenters. The summed E-state index contributed by atoms with van der Waals surface area (Å²) in [7, 11) is 1.66. The molecule has 0 aromatic rings. The van der Waals surface area contributed by atoms with Crippen LogP contribution in [0.2, 0.25) is 0 Å². The van der Waals surface area contributed by atoms with E-state index in [0.717, 1.165) is 6.42 Å². The molecule has 0 aromatic carbocycles. The lowest BCUT2D eigenvalue weighted by atomic mass is 10.0. The number of hydrogen-bond donors (Lipinski definition) is 1. The van der Waals surface area contributed by atoms with E-state index in [4.69, 9.17) is 4.74 Å².